The number of amides is 1. The van der Waals surface area contributed by atoms with Gasteiger partial charge in [-0.3, -0.25) is 4.79 Å². The monoisotopic (exact) mass is 353 g/mol. The van der Waals surface area contributed by atoms with Gasteiger partial charge in [-0.1, -0.05) is 17.7 Å². The van der Waals surface area contributed by atoms with Gasteiger partial charge in [0.1, 0.15) is 12.2 Å². The van der Waals surface area contributed by atoms with E-state index in [1.54, 1.807) is 24.3 Å². The molecule has 1 aromatic rings. The maximum Gasteiger partial charge on any atom is 0.421 e. The van der Waals surface area contributed by atoms with Crippen LogP contribution in [0.2, 0.25) is 0 Å². The summed E-state index contributed by atoms with van der Waals surface area (Å²) in [6.45, 7) is 3.15. The minimum atomic E-state index is -3.97. The Balaban J connectivity index is 1.91. The van der Waals surface area contributed by atoms with Gasteiger partial charge in [-0.25, -0.2) is 17.9 Å². The molecule has 1 amide bonds. The predicted octanol–water partition coefficient (Wildman–Crippen LogP) is 2.06. The van der Waals surface area contributed by atoms with Crippen LogP contribution in [-0.2, 0) is 24.3 Å². The number of rotatable bonds is 4. The van der Waals surface area contributed by atoms with Gasteiger partial charge in [0, 0.05) is 6.92 Å². The van der Waals surface area contributed by atoms with Crippen molar-refractivity contribution < 1.29 is 27.5 Å². The number of sulfonamides is 1. The first-order valence-corrected chi connectivity index (χ1v) is 8.90. The summed E-state index contributed by atoms with van der Waals surface area (Å²) in [5, 5.41) is 0. The standard InChI is InChI=1S/C16H19NO6S/c1-11-3-9-15(10-4-11)24(20,21)17-16(19)23-14-7-5-13(6-8-14)22-12(2)18/h3-5,7,9-10,13-14H,6,8H2,1-2H3,(H,17,19). The van der Waals surface area contributed by atoms with Crippen LogP contribution in [0.5, 0.6) is 0 Å². The van der Waals surface area contributed by atoms with Crippen molar-refractivity contribution in [2.45, 2.75) is 43.8 Å². The van der Waals surface area contributed by atoms with Gasteiger partial charge in [-0.15, -0.1) is 0 Å². The van der Waals surface area contributed by atoms with Crippen molar-refractivity contribution in [1.29, 1.82) is 0 Å². The molecule has 1 N–H and O–H groups in total. The Morgan fingerprint density at radius 2 is 1.58 bits per heavy atom. The van der Waals surface area contributed by atoms with Crippen LogP contribution in [0, 0.1) is 6.92 Å². The van der Waals surface area contributed by atoms with Crippen molar-refractivity contribution in [1.82, 2.24) is 4.72 Å². The number of ether oxygens (including phenoxy) is 2. The highest BCUT2D eigenvalue weighted by atomic mass is 32.2. The summed E-state index contributed by atoms with van der Waals surface area (Å²) in [7, 11) is -3.97. The molecule has 2 rings (SSSR count). The van der Waals surface area contributed by atoms with Crippen molar-refractivity contribution in [3.05, 3.63) is 42.0 Å². The molecule has 0 aromatic heterocycles. The van der Waals surface area contributed by atoms with Crippen LogP contribution in [0.25, 0.3) is 0 Å². The Morgan fingerprint density at radius 3 is 2.08 bits per heavy atom. The average Bonchev–Trinajstić information content (AvgIpc) is 2.48. The molecule has 130 valence electrons. The normalized spacial score (nSPS) is 20.2. The van der Waals surface area contributed by atoms with Gasteiger partial charge in [0.05, 0.1) is 4.90 Å². The second-order valence-corrected chi connectivity index (χ2v) is 7.15. The summed E-state index contributed by atoms with van der Waals surface area (Å²) >= 11 is 0. The van der Waals surface area contributed by atoms with E-state index in [4.69, 9.17) is 9.47 Å². The van der Waals surface area contributed by atoms with Gasteiger partial charge in [0.15, 0.2) is 0 Å². The van der Waals surface area contributed by atoms with Crippen LogP contribution >= 0.6 is 0 Å². The molecule has 8 heteroatoms. The Kier molecular flexibility index (Phi) is 5.61. The fourth-order valence-electron chi connectivity index (χ4n) is 2.23. The largest absolute Gasteiger partial charge is 0.458 e. The zero-order chi connectivity index (χ0) is 17.7. The first-order chi connectivity index (χ1) is 11.3. The van der Waals surface area contributed by atoms with Crippen LogP contribution in [0.3, 0.4) is 0 Å². The minimum absolute atomic E-state index is 0.0147. The van der Waals surface area contributed by atoms with E-state index >= 15 is 0 Å². The highest BCUT2D eigenvalue weighted by Gasteiger charge is 2.23. The number of aryl methyl sites for hydroxylation is 1. The predicted molar refractivity (Wildman–Crippen MR) is 85.7 cm³/mol. The smallest absolute Gasteiger partial charge is 0.421 e. The third-order valence-corrected chi connectivity index (χ3v) is 4.73. The van der Waals surface area contributed by atoms with E-state index in [1.807, 2.05) is 11.6 Å². The first kappa shape index (κ1) is 18.0. The Hall–Kier alpha value is -2.35. The molecule has 0 aliphatic heterocycles. The molecule has 0 saturated heterocycles. The van der Waals surface area contributed by atoms with E-state index < -0.39 is 22.2 Å². The Labute approximate surface area is 140 Å². The molecule has 24 heavy (non-hydrogen) atoms. The lowest BCUT2D eigenvalue weighted by Gasteiger charge is -2.22. The molecular formula is C16H19NO6S. The maximum atomic E-state index is 12.1. The van der Waals surface area contributed by atoms with Crippen LogP contribution in [0.4, 0.5) is 4.79 Å². The van der Waals surface area contributed by atoms with Crippen molar-refractivity contribution in [3.63, 3.8) is 0 Å². The summed E-state index contributed by atoms with van der Waals surface area (Å²) < 4.78 is 36.1. The van der Waals surface area contributed by atoms with Gasteiger partial charge in [-0.2, -0.15) is 0 Å². The van der Waals surface area contributed by atoms with Crippen molar-refractivity contribution in [2.75, 3.05) is 0 Å². The second kappa shape index (κ2) is 7.48. The van der Waals surface area contributed by atoms with E-state index in [2.05, 4.69) is 0 Å². The zero-order valence-electron chi connectivity index (χ0n) is 13.4. The molecule has 0 heterocycles. The topological polar surface area (TPSA) is 98.8 Å². The third-order valence-electron chi connectivity index (χ3n) is 3.40. The summed E-state index contributed by atoms with van der Waals surface area (Å²) in [4.78, 5) is 22.6. The summed E-state index contributed by atoms with van der Waals surface area (Å²) in [5.41, 5.74) is 0.909. The summed E-state index contributed by atoms with van der Waals surface area (Å²) in [6.07, 6.45) is 2.18. The van der Waals surface area contributed by atoms with Gasteiger partial charge in [0.2, 0.25) is 0 Å². The molecule has 2 unspecified atom stereocenters. The molecule has 2 atom stereocenters. The molecule has 0 spiro atoms. The fourth-order valence-corrected chi connectivity index (χ4v) is 3.11. The first-order valence-electron chi connectivity index (χ1n) is 7.42. The van der Waals surface area contributed by atoms with Gasteiger partial charge in [0.25, 0.3) is 10.0 Å². The van der Waals surface area contributed by atoms with Crippen molar-refractivity contribution >= 4 is 22.1 Å². The zero-order valence-corrected chi connectivity index (χ0v) is 14.2. The minimum Gasteiger partial charge on any atom is -0.458 e. The number of carbonyl (C=O) groups is 2. The SMILES string of the molecule is CC(=O)OC1C=CC(OC(=O)NS(=O)(=O)c2ccc(C)cc2)CC1. The van der Waals surface area contributed by atoms with Crippen LogP contribution in [-0.4, -0.2) is 32.7 Å². The molecule has 0 fully saturated rings. The average molecular weight is 353 g/mol. The number of nitrogens with one attached hydrogen (secondary N) is 1. The van der Waals surface area contributed by atoms with Gasteiger partial charge < -0.3 is 9.47 Å². The third kappa shape index (κ3) is 5.09. The van der Waals surface area contributed by atoms with E-state index in [-0.39, 0.29) is 17.0 Å². The van der Waals surface area contributed by atoms with E-state index in [0.29, 0.717) is 12.8 Å². The lowest BCUT2D eigenvalue weighted by Crippen LogP contribution is -2.34. The summed E-state index contributed by atoms with van der Waals surface area (Å²) in [6, 6.07) is 6.10. The maximum absolute atomic E-state index is 12.1. The van der Waals surface area contributed by atoms with Crippen molar-refractivity contribution in [3.8, 4) is 0 Å². The second-order valence-electron chi connectivity index (χ2n) is 5.47. The van der Waals surface area contributed by atoms with Gasteiger partial charge >= 0.3 is 12.1 Å². The highest BCUT2D eigenvalue weighted by Crippen LogP contribution is 2.18. The Bertz CT molecular complexity index is 738. The quantitative estimate of drug-likeness (QED) is 0.657. The molecule has 7 nitrogen and oxygen atoms in total. The van der Waals surface area contributed by atoms with E-state index in [1.165, 1.54) is 19.1 Å². The van der Waals surface area contributed by atoms with E-state index in [0.717, 1.165) is 5.56 Å². The van der Waals surface area contributed by atoms with Gasteiger partial charge in [-0.05, 0) is 44.1 Å². The van der Waals surface area contributed by atoms with Crippen LogP contribution in [0.15, 0.2) is 41.3 Å². The molecule has 1 aliphatic rings. The Morgan fingerprint density at radius 1 is 1.04 bits per heavy atom. The van der Waals surface area contributed by atoms with Crippen LogP contribution < -0.4 is 4.72 Å². The van der Waals surface area contributed by atoms with E-state index in [9.17, 15) is 18.0 Å². The molecule has 0 saturated carbocycles. The van der Waals surface area contributed by atoms with Crippen molar-refractivity contribution in [2.24, 2.45) is 0 Å². The highest BCUT2D eigenvalue weighted by molar-refractivity contribution is 7.90. The summed E-state index contributed by atoms with van der Waals surface area (Å²) in [5.74, 6) is -0.383. The number of hydrogen-bond donors (Lipinski definition) is 1. The number of carbonyl (C=O) groups excluding carboxylic acids is 2. The lowest BCUT2D eigenvalue weighted by molar-refractivity contribution is -0.144. The van der Waals surface area contributed by atoms with Crippen LogP contribution in [0.1, 0.15) is 25.3 Å². The number of benzene rings is 1. The molecule has 0 radical (unpaired) electrons. The lowest BCUT2D eigenvalue weighted by atomic mass is 10.0. The molecule has 0 bridgehead atoms. The fraction of sp³-hybridized carbons (Fsp3) is 0.375. The molecule has 1 aromatic carbocycles. The number of hydrogen-bond acceptors (Lipinski definition) is 6. The molecule has 1 aliphatic carbocycles. The number of esters is 1. The molecular weight excluding hydrogens is 334 g/mol.